The largest absolute Gasteiger partial charge is 0.392 e. The zero-order valence-corrected chi connectivity index (χ0v) is 8.23. The molecule has 14 heavy (non-hydrogen) atoms. The van der Waals surface area contributed by atoms with Crippen LogP contribution in [0.3, 0.4) is 0 Å². The lowest BCUT2D eigenvalue weighted by atomic mass is 9.76. The number of hydrogen-bond donors (Lipinski definition) is 0. The predicted octanol–water partition coefficient (Wildman–Crippen LogP) is 3.33. The van der Waals surface area contributed by atoms with Crippen molar-refractivity contribution in [3.63, 3.8) is 0 Å². The van der Waals surface area contributed by atoms with E-state index in [0.717, 1.165) is 6.42 Å². The molecule has 1 nitrogen and oxygen atoms in total. The molecule has 0 N–H and O–H groups in total. The van der Waals surface area contributed by atoms with Gasteiger partial charge in [0.1, 0.15) is 5.78 Å². The van der Waals surface area contributed by atoms with E-state index in [0.29, 0.717) is 12.8 Å². The zero-order chi connectivity index (χ0) is 10.8. The van der Waals surface area contributed by atoms with Gasteiger partial charge in [-0.2, -0.15) is 13.2 Å². The first kappa shape index (κ1) is 11.5. The predicted molar refractivity (Wildman–Crippen MR) is 46.8 cm³/mol. The highest BCUT2D eigenvalue weighted by Gasteiger charge is 2.47. The number of carbonyl (C=O) groups is 1. The molecule has 0 saturated heterocycles. The minimum atomic E-state index is -4.20. The van der Waals surface area contributed by atoms with Crippen LogP contribution in [0.5, 0.6) is 0 Å². The fourth-order valence-electron chi connectivity index (χ4n) is 2.17. The second-order valence-electron chi connectivity index (χ2n) is 3.86. The van der Waals surface area contributed by atoms with Crippen molar-refractivity contribution in [2.45, 2.75) is 45.2 Å². The van der Waals surface area contributed by atoms with E-state index < -0.39 is 18.0 Å². The Morgan fingerprint density at radius 3 is 2.36 bits per heavy atom. The molecule has 0 heterocycles. The van der Waals surface area contributed by atoms with Crippen LogP contribution in [0.15, 0.2) is 0 Å². The van der Waals surface area contributed by atoms with Gasteiger partial charge in [0.15, 0.2) is 0 Å². The third-order valence-corrected chi connectivity index (χ3v) is 2.95. The molecule has 0 spiro atoms. The molecule has 1 saturated carbocycles. The van der Waals surface area contributed by atoms with Crippen molar-refractivity contribution in [2.24, 2.45) is 11.8 Å². The van der Waals surface area contributed by atoms with E-state index in [1.54, 1.807) is 6.92 Å². The molecule has 1 fully saturated rings. The minimum absolute atomic E-state index is 0.125. The summed E-state index contributed by atoms with van der Waals surface area (Å²) in [5.74, 6) is -2.38. The molecule has 4 heteroatoms. The molecule has 0 radical (unpaired) electrons. The maximum absolute atomic E-state index is 12.5. The molecule has 1 rings (SSSR count). The summed E-state index contributed by atoms with van der Waals surface area (Å²) >= 11 is 0. The summed E-state index contributed by atoms with van der Waals surface area (Å²) in [5, 5.41) is 0. The Balaban J connectivity index is 2.74. The van der Waals surface area contributed by atoms with E-state index in [2.05, 4.69) is 0 Å². The first-order valence-corrected chi connectivity index (χ1v) is 5.06. The number of Topliss-reactive ketones (excluding diaryl/α,β-unsaturated/α-hetero) is 1. The summed E-state index contributed by atoms with van der Waals surface area (Å²) < 4.78 is 37.6. The average molecular weight is 208 g/mol. The van der Waals surface area contributed by atoms with E-state index in [-0.39, 0.29) is 18.6 Å². The minimum Gasteiger partial charge on any atom is -0.299 e. The van der Waals surface area contributed by atoms with E-state index in [4.69, 9.17) is 0 Å². The number of hydrogen-bond acceptors (Lipinski definition) is 1. The van der Waals surface area contributed by atoms with Gasteiger partial charge in [-0.15, -0.1) is 0 Å². The molecule has 1 aliphatic carbocycles. The van der Waals surface area contributed by atoms with Gasteiger partial charge >= 0.3 is 6.18 Å². The first-order valence-electron chi connectivity index (χ1n) is 5.06. The maximum atomic E-state index is 12.5. The molecule has 2 unspecified atom stereocenters. The molecule has 2 atom stereocenters. The van der Waals surface area contributed by atoms with Crippen LogP contribution in [-0.2, 0) is 4.79 Å². The van der Waals surface area contributed by atoms with Crippen LogP contribution in [0.1, 0.15) is 39.0 Å². The molecular weight excluding hydrogens is 193 g/mol. The van der Waals surface area contributed by atoms with Crippen molar-refractivity contribution in [1.29, 1.82) is 0 Å². The lowest BCUT2D eigenvalue weighted by molar-refractivity contribution is -0.197. The summed E-state index contributed by atoms with van der Waals surface area (Å²) in [6.45, 7) is 1.63. The van der Waals surface area contributed by atoms with Crippen LogP contribution < -0.4 is 0 Å². The van der Waals surface area contributed by atoms with Crippen LogP contribution in [-0.4, -0.2) is 12.0 Å². The highest BCUT2D eigenvalue weighted by molar-refractivity contribution is 5.81. The highest BCUT2D eigenvalue weighted by atomic mass is 19.4. The molecule has 0 amide bonds. The van der Waals surface area contributed by atoms with Crippen molar-refractivity contribution in [1.82, 2.24) is 0 Å². The van der Waals surface area contributed by atoms with Gasteiger partial charge in [0.25, 0.3) is 0 Å². The van der Waals surface area contributed by atoms with Crippen molar-refractivity contribution in [3.8, 4) is 0 Å². The average Bonchev–Trinajstić information content (AvgIpc) is 2.15. The van der Waals surface area contributed by atoms with Gasteiger partial charge in [0, 0.05) is 12.3 Å². The fraction of sp³-hybridized carbons (Fsp3) is 0.900. The highest BCUT2D eigenvalue weighted by Crippen LogP contribution is 2.42. The summed E-state index contributed by atoms with van der Waals surface area (Å²) in [5.41, 5.74) is 0. The number of alkyl halides is 3. The summed E-state index contributed by atoms with van der Waals surface area (Å²) in [6.07, 6.45) is -2.09. The van der Waals surface area contributed by atoms with Crippen LogP contribution in [0.2, 0.25) is 0 Å². The van der Waals surface area contributed by atoms with Crippen LogP contribution in [0.4, 0.5) is 13.2 Å². The van der Waals surface area contributed by atoms with Gasteiger partial charge in [-0.25, -0.2) is 0 Å². The zero-order valence-electron chi connectivity index (χ0n) is 8.23. The summed E-state index contributed by atoms with van der Waals surface area (Å²) in [4.78, 5) is 11.3. The fourth-order valence-corrected chi connectivity index (χ4v) is 2.17. The molecule has 82 valence electrons. The van der Waals surface area contributed by atoms with E-state index in [9.17, 15) is 18.0 Å². The van der Waals surface area contributed by atoms with Crippen LogP contribution >= 0.6 is 0 Å². The Morgan fingerprint density at radius 1 is 1.29 bits per heavy atom. The number of ketones is 1. The lowest BCUT2D eigenvalue weighted by Gasteiger charge is -2.31. The second kappa shape index (κ2) is 4.32. The Bertz CT molecular complexity index is 210. The van der Waals surface area contributed by atoms with Gasteiger partial charge in [-0.05, 0) is 12.8 Å². The van der Waals surface area contributed by atoms with Gasteiger partial charge in [0.05, 0.1) is 5.92 Å². The van der Waals surface area contributed by atoms with Gasteiger partial charge < -0.3 is 0 Å². The standard InChI is InChI=1S/C10H15F3O/c1-2-9(14)7-5-3-4-6-8(7)10(11,12)13/h7-8H,2-6H2,1H3. The van der Waals surface area contributed by atoms with Crippen molar-refractivity contribution in [3.05, 3.63) is 0 Å². The van der Waals surface area contributed by atoms with Gasteiger partial charge in [-0.3, -0.25) is 4.79 Å². The third kappa shape index (κ3) is 2.49. The quantitative estimate of drug-likeness (QED) is 0.680. The van der Waals surface area contributed by atoms with E-state index in [1.165, 1.54) is 0 Å². The second-order valence-corrected chi connectivity index (χ2v) is 3.86. The smallest absolute Gasteiger partial charge is 0.299 e. The van der Waals surface area contributed by atoms with Crippen molar-refractivity contribution < 1.29 is 18.0 Å². The molecule has 0 bridgehead atoms. The monoisotopic (exact) mass is 208 g/mol. The van der Waals surface area contributed by atoms with Gasteiger partial charge in [-0.1, -0.05) is 19.8 Å². The molecule has 0 aliphatic heterocycles. The molecule has 1 aliphatic rings. The summed E-state index contributed by atoms with van der Waals surface area (Å²) in [7, 11) is 0. The van der Waals surface area contributed by atoms with Crippen molar-refractivity contribution >= 4 is 5.78 Å². The molecule has 0 aromatic carbocycles. The van der Waals surface area contributed by atoms with E-state index >= 15 is 0 Å². The Kier molecular flexibility index (Phi) is 3.56. The SMILES string of the molecule is CCC(=O)C1CCCCC1C(F)(F)F. The topological polar surface area (TPSA) is 17.1 Å². The molecular formula is C10H15F3O. The normalized spacial score (nSPS) is 28.9. The Labute approximate surface area is 81.7 Å². The van der Waals surface area contributed by atoms with Crippen LogP contribution in [0.25, 0.3) is 0 Å². The van der Waals surface area contributed by atoms with Crippen LogP contribution in [0, 0.1) is 11.8 Å². The number of rotatable bonds is 2. The van der Waals surface area contributed by atoms with E-state index in [1.807, 2.05) is 0 Å². The summed E-state index contributed by atoms with van der Waals surface area (Å²) in [6, 6.07) is 0. The number of carbonyl (C=O) groups excluding carboxylic acids is 1. The molecule has 0 aromatic heterocycles. The third-order valence-electron chi connectivity index (χ3n) is 2.95. The first-order chi connectivity index (χ1) is 6.46. The van der Waals surface area contributed by atoms with Gasteiger partial charge in [0.2, 0.25) is 0 Å². The lowest BCUT2D eigenvalue weighted by Crippen LogP contribution is -2.37. The Hall–Kier alpha value is -0.540. The molecule has 0 aromatic rings. The van der Waals surface area contributed by atoms with Crippen molar-refractivity contribution in [2.75, 3.05) is 0 Å². The maximum Gasteiger partial charge on any atom is 0.392 e. The Morgan fingerprint density at radius 2 is 1.86 bits per heavy atom. The number of halogens is 3.